The van der Waals surface area contributed by atoms with Gasteiger partial charge in [-0.15, -0.1) is 0 Å². The van der Waals surface area contributed by atoms with E-state index in [0.717, 1.165) is 34.6 Å². The highest BCUT2D eigenvalue weighted by Crippen LogP contribution is 2.26. The third-order valence-corrected chi connectivity index (χ3v) is 5.49. The normalized spacial score (nSPS) is 12.3. The van der Waals surface area contributed by atoms with E-state index in [2.05, 4.69) is 64.1 Å². The Bertz CT molecular complexity index is 1220. The van der Waals surface area contributed by atoms with Crippen LogP contribution in [0.2, 0.25) is 0 Å². The molecular weight excluding hydrogens is 357 g/mol. The number of rotatable bonds is 4. The molecule has 0 aliphatic carbocycles. The van der Waals surface area contributed by atoms with Gasteiger partial charge in [-0.3, -0.25) is 9.36 Å². The van der Waals surface area contributed by atoms with E-state index in [1.807, 2.05) is 34.9 Å². The first-order chi connectivity index (χ1) is 14.0. The summed E-state index contributed by atoms with van der Waals surface area (Å²) in [5, 5.41) is 0.655. The Balaban J connectivity index is 1.98. The van der Waals surface area contributed by atoms with Crippen molar-refractivity contribution in [1.29, 1.82) is 0 Å². The van der Waals surface area contributed by atoms with Gasteiger partial charge in [0, 0.05) is 5.92 Å². The van der Waals surface area contributed by atoms with Crippen molar-refractivity contribution in [3.05, 3.63) is 105 Å². The quantitative estimate of drug-likeness (QED) is 0.426. The zero-order valence-corrected chi connectivity index (χ0v) is 17.4. The Morgan fingerprint density at radius 2 is 1.52 bits per heavy atom. The van der Waals surface area contributed by atoms with E-state index in [4.69, 9.17) is 4.98 Å². The van der Waals surface area contributed by atoms with Crippen molar-refractivity contribution >= 4 is 10.9 Å². The number of aromatic nitrogens is 2. The van der Waals surface area contributed by atoms with Gasteiger partial charge >= 0.3 is 0 Å². The summed E-state index contributed by atoms with van der Waals surface area (Å²) in [7, 11) is 0. The molecule has 4 rings (SSSR count). The summed E-state index contributed by atoms with van der Waals surface area (Å²) in [6.07, 6.45) is 0.829. The van der Waals surface area contributed by atoms with E-state index in [1.165, 1.54) is 11.1 Å². The summed E-state index contributed by atoms with van der Waals surface area (Å²) in [5.74, 6) is 0.905. The van der Waals surface area contributed by atoms with Crippen LogP contribution in [0.3, 0.4) is 0 Å². The molecule has 0 amide bonds. The minimum Gasteiger partial charge on any atom is -0.268 e. The molecule has 1 atom stereocenters. The van der Waals surface area contributed by atoms with Crippen LogP contribution >= 0.6 is 0 Å². The molecular formula is C26H26N2O. The Morgan fingerprint density at radius 1 is 0.897 bits per heavy atom. The monoisotopic (exact) mass is 383 g/mol. The molecule has 1 heterocycles. The molecule has 0 radical (unpaired) electrons. The van der Waals surface area contributed by atoms with Gasteiger partial charge in [-0.2, -0.15) is 0 Å². The summed E-state index contributed by atoms with van der Waals surface area (Å²) in [6, 6.07) is 22.3. The molecule has 1 aromatic heterocycles. The van der Waals surface area contributed by atoms with Crippen LogP contribution in [0.1, 0.15) is 40.9 Å². The van der Waals surface area contributed by atoms with Gasteiger partial charge in [0.15, 0.2) is 0 Å². The number of aryl methyl sites for hydroxylation is 3. The molecule has 3 nitrogen and oxygen atoms in total. The molecule has 4 aromatic rings. The molecule has 0 fully saturated rings. The van der Waals surface area contributed by atoms with Crippen molar-refractivity contribution in [2.75, 3.05) is 0 Å². The van der Waals surface area contributed by atoms with E-state index < -0.39 is 0 Å². The maximum atomic E-state index is 13.6. The minimum atomic E-state index is 0.000523. The van der Waals surface area contributed by atoms with Crippen LogP contribution in [0.25, 0.3) is 16.6 Å². The van der Waals surface area contributed by atoms with E-state index >= 15 is 0 Å². The van der Waals surface area contributed by atoms with Crippen LogP contribution < -0.4 is 5.56 Å². The van der Waals surface area contributed by atoms with Crippen molar-refractivity contribution in [2.24, 2.45) is 0 Å². The Kier molecular flexibility index (Phi) is 5.06. The first kappa shape index (κ1) is 19.1. The summed E-state index contributed by atoms with van der Waals surface area (Å²) in [6.45, 7) is 8.38. The summed E-state index contributed by atoms with van der Waals surface area (Å²) in [4.78, 5) is 18.6. The number of para-hydroxylation sites is 1. The van der Waals surface area contributed by atoms with Gasteiger partial charge in [0.25, 0.3) is 5.56 Å². The van der Waals surface area contributed by atoms with Gasteiger partial charge in [-0.25, -0.2) is 4.98 Å². The number of hydrogen-bond acceptors (Lipinski definition) is 2. The summed E-state index contributed by atoms with van der Waals surface area (Å²) >= 11 is 0. The van der Waals surface area contributed by atoms with Gasteiger partial charge in [0.05, 0.1) is 16.6 Å². The van der Waals surface area contributed by atoms with E-state index in [9.17, 15) is 4.79 Å². The second kappa shape index (κ2) is 7.67. The van der Waals surface area contributed by atoms with Crippen molar-refractivity contribution in [3.8, 4) is 5.69 Å². The van der Waals surface area contributed by atoms with Crippen LogP contribution in [-0.2, 0) is 6.42 Å². The molecule has 29 heavy (non-hydrogen) atoms. The third kappa shape index (κ3) is 3.61. The predicted octanol–water partition coefficient (Wildman–Crippen LogP) is 5.66. The molecule has 3 aromatic carbocycles. The summed E-state index contributed by atoms with van der Waals surface area (Å²) in [5.41, 5.74) is 6.33. The Hall–Kier alpha value is -3.20. The Labute approximate surface area is 171 Å². The van der Waals surface area contributed by atoms with E-state index in [0.29, 0.717) is 5.39 Å². The van der Waals surface area contributed by atoms with Crippen LogP contribution in [0.5, 0.6) is 0 Å². The van der Waals surface area contributed by atoms with Crippen molar-refractivity contribution in [2.45, 2.75) is 40.0 Å². The molecule has 0 aliphatic heterocycles. The number of benzene rings is 3. The van der Waals surface area contributed by atoms with E-state index in [-0.39, 0.29) is 11.5 Å². The lowest BCUT2D eigenvalue weighted by Crippen LogP contribution is -2.27. The number of hydrogen-bond donors (Lipinski definition) is 0. The van der Waals surface area contributed by atoms with E-state index in [1.54, 1.807) is 0 Å². The highest BCUT2D eigenvalue weighted by atomic mass is 16.1. The number of fused-ring (bicyclic) bond motifs is 1. The molecule has 146 valence electrons. The largest absolute Gasteiger partial charge is 0.268 e. The lowest BCUT2D eigenvalue weighted by Gasteiger charge is -2.22. The van der Waals surface area contributed by atoms with Gasteiger partial charge < -0.3 is 0 Å². The van der Waals surface area contributed by atoms with Crippen LogP contribution in [0.15, 0.2) is 71.5 Å². The zero-order valence-electron chi connectivity index (χ0n) is 17.4. The lowest BCUT2D eigenvalue weighted by molar-refractivity contribution is 0.662. The third-order valence-electron chi connectivity index (χ3n) is 5.49. The van der Waals surface area contributed by atoms with Crippen molar-refractivity contribution < 1.29 is 0 Å². The maximum Gasteiger partial charge on any atom is 0.265 e. The van der Waals surface area contributed by atoms with Gasteiger partial charge in [-0.1, -0.05) is 67.1 Å². The highest BCUT2D eigenvalue weighted by Gasteiger charge is 2.20. The number of nitrogens with zero attached hydrogens (tertiary/aromatic N) is 2. The van der Waals surface area contributed by atoms with Crippen molar-refractivity contribution in [3.63, 3.8) is 0 Å². The van der Waals surface area contributed by atoms with Gasteiger partial charge in [0.1, 0.15) is 5.82 Å². The average molecular weight is 383 g/mol. The second-order valence-electron chi connectivity index (χ2n) is 7.97. The first-order valence-corrected chi connectivity index (χ1v) is 10.1. The van der Waals surface area contributed by atoms with Crippen LogP contribution in [-0.4, -0.2) is 9.55 Å². The van der Waals surface area contributed by atoms with Crippen molar-refractivity contribution in [1.82, 2.24) is 9.55 Å². The zero-order chi connectivity index (χ0) is 20.5. The molecule has 0 saturated carbocycles. The SMILES string of the molecule is Cc1cc(C)c(-n2c([C@@H](C)Cc3ccccc3)nc3ccccc3c2=O)c([13CH3])c1. The fraction of sp³-hybridized carbons (Fsp3) is 0.231. The smallest absolute Gasteiger partial charge is 0.265 e. The lowest BCUT2D eigenvalue weighted by atomic mass is 9.99. The summed E-state index contributed by atoms with van der Waals surface area (Å²) < 4.78 is 1.85. The standard InChI is InChI=1S/C26H26N2O/c1-17-14-18(2)24(19(3)15-17)28-25(20(4)16-21-10-6-5-7-11-21)27-23-13-9-8-12-22(23)26(28)29/h5-15,20H,16H2,1-4H3/t20-/m0/s1/i2+1. The highest BCUT2D eigenvalue weighted by molar-refractivity contribution is 5.78. The molecule has 3 heteroatoms. The molecule has 0 N–H and O–H groups in total. The molecule has 0 spiro atoms. The fourth-order valence-electron chi connectivity index (χ4n) is 4.28. The molecule has 0 unspecified atom stereocenters. The van der Waals surface area contributed by atoms with Gasteiger partial charge in [-0.05, 0) is 56.0 Å². The second-order valence-corrected chi connectivity index (χ2v) is 7.97. The van der Waals surface area contributed by atoms with Gasteiger partial charge in [0.2, 0.25) is 0 Å². The first-order valence-electron chi connectivity index (χ1n) is 10.1. The van der Waals surface area contributed by atoms with Crippen LogP contribution in [0, 0.1) is 20.8 Å². The minimum absolute atomic E-state index is 0.000523. The molecule has 0 saturated heterocycles. The molecule has 0 aliphatic rings. The topological polar surface area (TPSA) is 34.9 Å². The molecule has 0 bridgehead atoms. The maximum absolute atomic E-state index is 13.6. The average Bonchev–Trinajstić information content (AvgIpc) is 2.69. The Morgan fingerprint density at radius 3 is 2.21 bits per heavy atom. The predicted molar refractivity (Wildman–Crippen MR) is 120 cm³/mol. The fourth-order valence-corrected chi connectivity index (χ4v) is 4.28. The van der Waals surface area contributed by atoms with Crippen LogP contribution in [0.4, 0.5) is 0 Å².